The van der Waals surface area contributed by atoms with Crippen molar-refractivity contribution in [2.45, 2.75) is 0 Å². The third-order valence-electron chi connectivity index (χ3n) is 1.90. The van der Waals surface area contributed by atoms with E-state index in [1.165, 1.54) is 7.11 Å². The van der Waals surface area contributed by atoms with Crippen LogP contribution in [0.15, 0.2) is 43.2 Å². The van der Waals surface area contributed by atoms with Gasteiger partial charge < -0.3 is 5.32 Å². The van der Waals surface area contributed by atoms with Gasteiger partial charge in [0.2, 0.25) is 0 Å². The van der Waals surface area contributed by atoms with E-state index < -0.39 is 0 Å². The lowest BCUT2D eigenvalue weighted by atomic mass is 10.1. The highest BCUT2D eigenvalue weighted by molar-refractivity contribution is 5.64. The van der Waals surface area contributed by atoms with Crippen molar-refractivity contribution >= 4 is 5.70 Å². The van der Waals surface area contributed by atoms with Crippen LogP contribution in [0.5, 0.6) is 0 Å². The van der Waals surface area contributed by atoms with Gasteiger partial charge in [-0.2, -0.15) is 5.26 Å². The molecule has 0 aliphatic heterocycles. The Bertz CT molecular complexity index is 415. The maximum Gasteiger partial charge on any atom is 0.0991 e. The molecule has 82 valence electrons. The summed E-state index contributed by atoms with van der Waals surface area (Å²) < 4.78 is 0. The highest BCUT2D eigenvalue weighted by atomic mass is 16.6. The summed E-state index contributed by atoms with van der Waals surface area (Å²) in [6, 6.07) is 9.26. The maximum atomic E-state index is 8.68. The quantitative estimate of drug-likeness (QED) is 0.734. The Hall–Kier alpha value is -2.25. The van der Waals surface area contributed by atoms with Crippen molar-refractivity contribution in [2.24, 2.45) is 0 Å². The van der Waals surface area contributed by atoms with Crippen LogP contribution in [-0.2, 0) is 4.84 Å². The number of rotatable bonds is 5. The minimum absolute atomic E-state index is 0.626. The molecule has 1 aromatic carbocycles. The van der Waals surface area contributed by atoms with E-state index in [1.54, 1.807) is 24.5 Å². The molecule has 1 rings (SSSR count). The third kappa shape index (κ3) is 3.15. The molecule has 1 aromatic rings. The lowest BCUT2D eigenvalue weighted by Crippen LogP contribution is -2.10. The molecule has 16 heavy (non-hydrogen) atoms. The van der Waals surface area contributed by atoms with E-state index in [4.69, 9.17) is 10.1 Å². The number of hydroxylamine groups is 1. The van der Waals surface area contributed by atoms with Crippen LogP contribution >= 0.6 is 0 Å². The molecule has 4 heteroatoms. The molecule has 0 atom stereocenters. The Morgan fingerprint density at radius 3 is 2.62 bits per heavy atom. The molecule has 0 radical (unpaired) electrons. The zero-order valence-corrected chi connectivity index (χ0v) is 9.03. The van der Waals surface area contributed by atoms with Crippen LogP contribution in [-0.4, -0.2) is 7.11 Å². The smallest absolute Gasteiger partial charge is 0.0991 e. The second-order valence-electron chi connectivity index (χ2n) is 2.92. The molecule has 0 aliphatic carbocycles. The summed E-state index contributed by atoms with van der Waals surface area (Å²) in [7, 11) is 1.53. The van der Waals surface area contributed by atoms with Gasteiger partial charge in [0, 0.05) is 6.20 Å². The van der Waals surface area contributed by atoms with E-state index in [9.17, 15) is 0 Å². The van der Waals surface area contributed by atoms with Crippen molar-refractivity contribution in [3.8, 4) is 6.07 Å². The van der Waals surface area contributed by atoms with Gasteiger partial charge in [0.25, 0.3) is 0 Å². The van der Waals surface area contributed by atoms with E-state index in [-0.39, 0.29) is 0 Å². The predicted molar refractivity (Wildman–Crippen MR) is 62.6 cm³/mol. The van der Waals surface area contributed by atoms with Gasteiger partial charge in [-0.15, -0.1) is 0 Å². The summed E-state index contributed by atoms with van der Waals surface area (Å²) in [4.78, 5) is 4.73. The van der Waals surface area contributed by atoms with Gasteiger partial charge in [-0.1, -0.05) is 18.7 Å². The highest BCUT2D eigenvalue weighted by Gasteiger charge is 1.99. The summed E-state index contributed by atoms with van der Waals surface area (Å²) in [5, 5.41) is 11.7. The fourth-order valence-electron chi connectivity index (χ4n) is 1.16. The molecule has 0 aliphatic rings. The van der Waals surface area contributed by atoms with Crippen molar-refractivity contribution in [3.05, 3.63) is 54.4 Å². The van der Waals surface area contributed by atoms with Crippen LogP contribution in [0.4, 0.5) is 0 Å². The van der Waals surface area contributed by atoms with Crippen LogP contribution in [0.3, 0.4) is 0 Å². The zero-order valence-electron chi connectivity index (χ0n) is 9.03. The van der Waals surface area contributed by atoms with Gasteiger partial charge in [0.05, 0.1) is 24.4 Å². The monoisotopic (exact) mass is 215 g/mol. The van der Waals surface area contributed by atoms with Crippen LogP contribution in [0.2, 0.25) is 0 Å². The van der Waals surface area contributed by atoms with E-state index in [0.717, 1.165) is 11.3 Å². The van der Waals surface area contributed by atoms with Crippen molar-refractivity contribution in [1.82, 2.24) is 10.8 Å². The fourth-order valence-corrected chi connectivity index (χ4v) is 1.16. The third-order valence-corrected chi connectivity index (χ3v) is 1.90. The van der Waals surface area contributed by atoms with E-state index >= 15 is 0 Å². The van der Waals surface area contributed by atoms with Crippen LogP contribution in [0, 0.1) is 11.3 Å². The molecular weight excluding hydrogens is 202 g/mol. The minimum atomic E-state index is 0.626. The normalized spacial score (nSPS) is 10.4. The Labute approximate surface area is 94.8 Å². The van der Waals surface area contributed by atoms with Crippen molar-refractivity contribution in [3.63, 3.8) is 0 Å². The molecule has 4 nitrogen and oxygen atoms in total. The van der Waals surface area contributed by atoms with Crippen molar-refractivity contribution < 1.29 is 4.84 Å². The summed E-state index contributed by atoms with van der Waals surface area (Å²) in [6.07, 6.45) is 3.24. The van der Waals surface area contributed by atoms with Gasteiger partial charge in [0.1, 0.15) is 0 Å². The van der Waals surface area contributed by atoms with Gasteiger partial charge >= 0.3 is 0 Å². The number of hydrogen-bond acceptors (Lipinski definition) is 4. The van der Waals surface area contributed by atoms with E-state index in [1.807, 2.05) is 12.1 Å². The second kappa shape index (κ2) is 6.27. The van der Waals surface area contributed by atoms with Gasteiger partial charge in [-0.05, 0) is 23.9 Å². The largest absolute Gasteiger partial charge is 0.361 e. The molecule has 0 heterocycles. The first kappa shape index (κ1) is 11.8. The molecule has 0 saturated heterocycles. The Balaban J connectivity index is 2.93. The minimum Gasteiger partial charge on any atom is -0.361 e. The fraction of sp³-hybridized carbons (Fsp3) is 0.0833. The molecule has 0 amide bonds. The maximum absolute atomic E-state index is 8.68. The molecule has 0 bridgehead atoms. The van der Waals surface area contributed by atoms with Crippen molar-refractivity contribution in [2.75, 3.05) is 7.11 Å². The summed E-state index contributed by atoms with van der Waals surface area (Å²) in [6.45, 7) is 3.59. The molecule has 0 spiro atoms. The average molecular weight is 215 g/mol. The van der Waals surface area contributed by atoms with E-state index in [0.29, 0.717) is 5.56 Å². The van der Waals surface area contributed by atoms with Crippen LogP contribution in [0.1, 0.15) is 11.1 Å². The molecule has 0 saturated carbocycles. The average Bonchev–Trinajstić information content (AvgIpc) is 2.35. The van der Waals surface area contributed by atoms with Gasteiger partial charge in [0.15, 0.2) is 0 Å². The number of benzene rings is 1. The lowest BCUT2D eigenvalue weighted by molar-refractivity contribution is 0.128. The number of nitriles is 1. The van der Waals surface area contributed by atoms with Crippen LogP contribution < -0.4 is 10.8 Å². The molecule has 0 unspecified atom stereocenters. The first-order valence-electron chi connectivity index (χ1n) is 4.68. The Morgan fingerprint density at radius 2 is 2.12 bits per heavy atom. The Morgan fingerprint density at radius 1 is 1.44 bits per heavy atom. The number of hydrogen-bond donors (Lipinski definition) is 2. The standard InChI is InChI=1S/C12H13N3O/c1-3-14-12(9-15-16-2)11-6-4-10(8-13)5-7-11/h3-7,9,14-15H,1H2,2H3/b12-9-. The van der Waals surface area contributed by atoms with Gasteiger partial charge in [-0.3, -0.25) is 10.3 Å². The summed E-state index contributed by atoms with van der Waals surface area (Å²) in [5.74, 6) is 0. The molecule has 2 N–H and O–H groups in total. The summed E-state index contributed by atoms with van der Waals surface area (Å²) in [5.41, 5.74) is 4.99. The van der Waals surface area contributed by atoms with Gasteiger partial charge in [-0.25, -0.2) is 0 Å². The molecule has 0 aromatic heterocycles. The first-order valence-corrected chi connectivity index (χ1v) is 4.68. The SMILES string of the molecule is C=CN/C(=C\NOC)c1ccc(C#N)cc1. The second-order valence-corrected chi connectivity index (χ2v) is 2.92. The first-order chi connectivity index (χ1) is 7.81. The highest BCUT2D eigenvalue weighted by Crippen LogP contribution is 2.11. The Kier molecular flexibility index (Phi) is 4.64. The topological polar surface area (TPSA) is 57.1 Å². The van der Waals surface area contributed by atoms with Crippen LogP contribution in [0.25, 0.3) is 5.70 Å². The number of nitrogens with zero attached hydrogens (tertiary/aromatic N) is 1. The molecule has 0 fully saturated rings. The summed E-state index contributed by atoms with van der Waals surface area (Å²) >= 11 is 0. The number of nitrogens with one attached hydrogen (secondary N) is 2. The zero-order chi connectivity index (χ0) is 11.8. The predicted octanol–water partition coefficient (Wildman–Crippen LogP) is 1.74. The molecular formula is C12H13N3O. The van der Waals surface area contributed by atoms with Crippen molar-refractivity contribution in [1.29, 1.82) is 5.26 Å². The van der Waals surface area contributed by atoms with E-state index in [2.05, 4.69) is 23.4 Å². The lowest BCUT2D eigenvalue weighted by Gasteiger charge is -2.07.